The lowest BCUT2D eigenvalue weighted by Gasteiger charge is -2.29. The Labute approximate surface area is 118 Å². The van der Waals surface area contributed by atoms with Crippen LogP contribution in [0.25, 0.3) is 0 Å². The maximum atomic E-state index is 12.4. The highest BCUT2D eigenvalue weighted by atomic mass is 35.5. The lowest BCUT2D eigenvalue weighted by Crippen LogP contribution is -2.40. The van der Waals surface area contributed by atoms with Crippen molar-refractivity contribution in [2.45, 2.75) is 30.8 Å². The molecule has 1 saturated heterocycles. The number of anilines is 1. The van der Waals surface area contributed by atoms with Crippen molar-refractivity contribution in [3.05, 3.63) is 22.7 Å². The number of aliphatic hydroxyl groups excluding tert-OH is 1. The fourth-order valence-corrected chi connectivity index (χ4v) is 3.88. The predicted octanol–water partition coefficient (Wildman–Crippen LogP) is 1.38. The van der Waals surface area contributed by atoms with Crippen LogP contribution in [0.4, 0.5) is 5.69 Å². The zero-order valence-corrected chi connectivity index (χ0v) is 12.2. The number of sulfonamides is 1. The highest BCUT2D eigenvalue weighted by molar-refractivity contribution is 7.89. The van der Waals surface area contributed by atoms with Gasteiger partial charge in [0.2, 0.25) is 10.0 Å². The van der Waals surface area contributed by atoms with E-state index in [0.29, 0.717) is 42.2 Å². The van der Waals surface area contributed by atoms with Crippen LogP contribution in [0.1, 0.15) is 18.4 Å². The van der Waals surface area contributed by atoms with Gasteiger partial charge in [-0.15, -0.1) is 0 Å². The molecule has 2 rings (SSSR count). The topological polar surface area (TPSA) is 83.6 Å². The van der Waals surface area contributed by atoms with Crippen molar-refractivity contribution in [1.29, 1.82) is 0 Å². The number of nitrogens with zero attached hydrogens (tertiary/aromatic N) is 1. The van der Waals surface area contributed by atoms with Gasteiger partial charge in [-0.2, -0.15) is 4.31 Å². The van der Waals surface area contributed by atoms with Crippen molar-refractivity contribution in [2.24, 2.45) is 0 Å². The van der Waals surface area contributed by atoms with Gasteiger partial charge in [0.15, 0.2) is 0 Å². The van der Waals surface area contributed by atoms with E-state index < -0.39 is 16.1 Å². The molecule has 1 aliphatic rings. The quantitative estimate of drug-likeness (QED) is 0.809. The predicted molar refractivity (Wildman–Crippen MR) is 74.6 cm³/mol. The van der Waals surface area contributed by atoms with Crippen LogP contribution in [0.15, 0.2) is 17.0 Å². The summed E-state index contributed by atoms with van der Waals surface area (Å²) in [6, 6.07) is 2.86. The summed E-state index contributed by atoms with van der Waals surface area (Å²) >= 11 is 5.98. The molecule has 1 heterocycles. The molecule has 3 N–H and O–H groups in total. The summed E-state index contributed by atoms with van der Waals surface area (Å²) in [5.74, 6) is 0. The van der Waals surface area contributed by atoms with Crippen molar-refractivity contribution < 1.29 is 13.5 Å². The number of hydrogen-bond donors (Lipinski definition) is 2. The summed E-state index contributed by atoms with van der Waals surface area (Å²) in [6.45, 7) is 2.37. The van der Waals surface area contributed by atoms with Gasteiger partial charge in [0.1, 0.15) is 0 Å². The van der Waals surface area contributed by atoms with Gasteiger partial charge >= 0.3 is 0 Å². The SMILES string of the molecule is Cc1c(N)cc(S(=O)(=O)N2CCC(O)CC2)cc1Cl. The maximum absolute atomic E-state index is 12.4. The molecule has 0 amide bonds. The van der Waals surface area contributed by atoms with Gasteiger partial charge in [-0.05, 0) is 37.5 Å². The van der Waals surface area contributed by atoms with Gasteiger partial charge in [0.05, 0.1) is 11.0 Å². The molecular formula is C12H17ClN2O3S. The molecule has 0 unspecified atom stereocenters. The van der Waals surface area contributed by atoms with Gasteiger partial charge in [0, 0.05) is 23.8 Å². The van der Waals surface area contributed by atoms with Crippen LogP contribution in [-0.2, 0) is 10.0 Å². The van der Waals surface area contributed by atoms with Gasteiger partial charge < -0.3 is 10.8 Å². The normalized spacial score (nSPS) is 18.7. The third-order valence-electron chi connectivity index (χ3n) is 3.42. The van der Waals surface area contributed by atoms with E-state index in [2.05, 4.69) is 0 Å². The van der Waals surface area contributed by atoms with Crippen LogP contribution >= 0.6 is 11.6 Å². The van der Waals surface area contributed by atoms with E-state index in [9.17, 15) is 13.5 Å². The first-order valence-corrected chi connectivity index (χ1v) is 7.88. The van der Waals surface area contributed by atoms with Crippen molar-refractivity contribution in [3.8, 4) is 0 Å². The van der Waals surface area contributed by atoms with Gasteiger partial charge in [0.25, 0.3) is 0 Å². The molecule has 1 aromatic carbocycles. The summed E-state index contributed by atoms with van der Waals surface area (Å²) in [4.78, 5) is 0.108. The Kier molecular flexibility index (Phi) is 4.06. The van der Waals surface area contributed by atoms with E-state index in [0.717, 1.165) is 0 Å². The zero-order valence-electron chi connectivity index (χ0n) is 10.6. The average molecular weight is 305 g/mol. The number of rotatable bonds is 2. The lowest BCUT2D eigenvalue weighted by molar-refractivity contribution is 0.113. The number of hydrogen-bond acceptors (Lipinski definition) is 4. The first kappa shape index (κ1) is 14.6. The molecule has 1 aliphatic heterocycles. The Morgan fingerprint density at radius 3 is 2.47 bits per heavy atom. The third kappa shape index (κ3) is 2.86. The van der Waals surface area contributed by atoms with Crippen LogP contribution in [-0.4, -0.2) is 37.0 Å². The molecule has 0 atom stereocenters. The van der Waals surface area contributed by atoms with Crippen LogP contribution < -0.4 is 5.73 Å². The van der Waals surface area contributed by atoms with Crippen LogP contribution in [0.3, 0.4) is 0 Å². The van der Waals surface area contributed by atoms with E-state index in [4.69, 9.17) is 17.3 Å². The van der Waals surface area contributed by atoms with E-state index in [1.54, 1.807) is 6.92 Å². The van der Waals surface area contributed by atoms with Crippen molar-refractivity contribution in [2.75, 3.05) is 18.8 Å². The second-order valence-corrected chi connectivity index (χ2v) is 7.10. The Hall–Kier alpha value is -0.820. The summed E-state index contributed by atoms with van der Waals surface area (Å²) in [5, 5.41) is 9.77. The molecule has 1 fully saturated rings. The number of halogens is 1. The fourth-order valence-electron chi connectivity index (χ4n) is 2.05. The molecule has 106 valence electrons. The summed E-state index contributed by atoms with van der Waals surface area (Å²) < 4.78 is 26.2. The molecular weight excluding hydrogens is 288 g/mol. The Balaban J connectivity index is 2.35. The van der Waals surface area contributed by atoms with Crippen LogP contribution in [0, 0.1) is 6.92 Å². The fraction of sp³-hybridized carbons (Fsp3) is 0.500. The standard InChI is InChI=1S/C12H17ClN2O3S/c1-8-11(13)6-10(7-12(8)14)19(17,18)15-4-2-9(16)3-5-15/h6-7,9,16H,2-5,14H2,1H3. The second-order valence-electron chi connectivity index (χ2n) is 4.75. The van der Waals surface area contributed by atoms with E-state index in [1.807, 2.05) is 0 Å². The first-order valence-electron chi connectivity index (χ1n) is 6.06. The smallest absolute Gasteiger partial charge is 0.243 e. The first-order chi connectivity index (χ1) is 8.82. The van der Waals surface area contributed by atoms with Gasteiger partial charge in [-0.25, -0.2) is 8.42 Å². The molecule has 0 radical (unpaired) electrons. The molecule has 0 aromatic heterocycles. The summed E-state index contributed by atoms with van der Waals surface area (Å²) in [6.07, 6.45) is 0.487. The summed E-state index contributed by atoms with van der Waals surface area (Å²) in [7, 11) is -3.59. The molecule has 1 aromatic rings. The lowest BCUT2D eigenvalue weighted by atomic mass is 10.1. The Morgan fingerprint density at radius 2 is 1.95 bits per heavy atom. The second kappa shape index (κ2) is 5.28. The largest absolute Gasteiger partial charge is 0.398 e. The molecule has 0 aliphatic carbocycles. The minimum Gasteiger partial charge on any atom is -0.398 e. The highest BCUT2D eigenvalue weighted by Gasteiger charge is 2.29. The number of nitrogens with two attached hydrogens (primary N) is 1. The number of aliphatic hydroxyl groups is 1. The minimum absolute atomic E-state index is 0.108. The molecule has 19 heavy (non-hydrogen) atoms. The molecule has 0 spiro atoms. The zero-order chi connectivity index (χ0) is 14.2. The number of piperidine rings is 1. The molecule has 0 saturated carbocycles. The third-order valence-corrected chi connectivity index (χ3v) is 5.69. The van der Waals surface area contributed by atoms with Crippen LogP contribution in [0.5, 0.6) is 0 Å². The van der Waals surface area contributed by atoms with E-state index in [1.165, 1.54) is 16.4 Å². The van der Waals surface area contributed by atoms with E-state index >= 15 is 0 Å². The molecule has 0 bridgehead atoms. The Morgan fingerprint density at radius 1 is 1.37 bits per heavy atom. The van der Waals surface area contributed by atoms with Crippen molar-refractivity contribution in [3.63, 3.8) is 0 Å². The van der Waals surface area contributed by atoms with Crippen LogP contribution in [0.2, 0.25) is 5.02 Å². The minimum atomic E-state index is -3.59. The van der Waals surface area contributed by atoms with Gasteiger partial charge in [-0.3, -0.25) is 0 Å². The average Bonchev–Trinajstić information content (AvgIpc) is 2.35. The highest BCUT2D eigenvalue weighted by Crippen LogP contribution is 2.28. The number of nitrogen functional groups attached to an aromatic ring is 1. The van der Waals surface area contributed by atoms with Crippen molar-refractivity contribution >= 4 is 27.3 Å². The van der Waals surface area contributed by atoms with Crippen molar-refractivity contribution in [1.82, 2.24) is 4.31 Å². The Bertz CT molecular complexity index is 558. The molecule has 7 heteroatoms. The number of benzene rings is 1. The maximum Gasteiger partial charge on any atom is 0.243 e. The molecule has 5 nitrogen and oxygen atoms in total. The summed E-state index contributed by atoms with van der Waals surface area (Å²) in [5.41, 5.74) is 6.80. The van der Waals surface area contributed by atoms with E-state index in [-0.39, 0.29) is 4.90 Å². The van der Waals surface area contributed by atoms with Gasteiger partial charge in [-0.1, -0.05) is 11.6 Å². The monoisotopic (exact) mass is 304 g/mol.